The SMILES string of the molecule is [2H]c1c(OC([2H])([2H])[2H])c(OC)cc2c1C([2H])([2H])C([2H])([2H])N1CC(C([2H])([2H])C([2H])(C)C([2H])([2H])[2H])C([2H])(OC(=O)[C@@H](N)C(C)C)CC21[2H]. The first-order valence-corrected chi connectivity index (χ1v) is 9.53. The molecule has 0 aromatic heterocycles. The predicted octanol–water partition coefficient (Wildman–Crippen LogP) is 3.56. The zero-order valence-electron chi connectivity index (χ0n) is 33.4. The lowest BCUT2D eigenvalue weighted by Crippen LogP contribution is -2.51. The van der Waals surface area contributed by atoms with E-state index in [1.54, 1.807) is 13.8 Å². The maximum absolute atomic E-state index is 13.2. The normalized spacial score (nSPS) is 44.3. The van der Waals surface area contributed by atoms with Crippen LogP contribution in [0.4, 0.5) is 0 Å². The fraction of sp³-hybridized carbons (Fsp3) is 0.708. The smallest absolute Gasteiger partial charge is 0.323 e. The number of nitrogens with zero attached hydrogens (tertiary/aromatic N) is 1. The summed E-state index contributed by atoms with van der Waals surface area (Å²) in [7, 11) is -2.09. The van der Waals surface area contributed by atoms with E-state index in [0.717, 1.165) is 20.1 Å². The number of piperidine rings is 1. The molecule has 30 heavy (non-hydrogen) atoms. The lowest BCUT2D eigenvalue weighted by molar-refractivity contribution is -0.160. The molecule has 1 aromatic rings. The molecule has 4 unspecified atom stereocenters. The summed E-state index contributed by atoms with van der Waals surface area (Å²) >= 11 is 0. The predicted molar refractivity (Wildman–Crippen MR) is 118 cm³/mol. The van der Waals surface area contributed by atoms with Gasteiger partial charge in [-0.05, 0) is 47.8 Å². The van der Waals surface area contributed by atoms with Crippen LogP contribution in [0.3, 0.4) is 0 Å². The van der Waals surface area contributed by atoms with Crippen molar-refractivity contribution >= 4 is 5.97 Å². The molecule has 0 bridgehead atoms. The number of nitrogens with two attached hydrogens (primary N) is 1. The van der Waals surface area contributed by atoms with Gasteiger partial charge in [-0.1, -0.05) is 27.6 Å². The quantitative estimate of drug-likeness (QED) is 0.662. The molecule has 168 valence electrons. The molecule has 2 heterocycles. The first-order chi connectivity index (χ1) is 20.3. The minimum absolute atomic E-state index is 0.460. The topological polar surface area (TPSA) is 74.0 Å². The number of fused-ring (bicyclic) bond motifs is 3. The Bertz CT molecular complexity index is 1360. The van der Waals surface area contributed by atoms with Crippen LogP contribution in [0.2, 0.25) is 0 Å². The summed E-state index contributed by atoms with van der Waals surface area (Å²) in [4.78, 5) is 13.7. The maximum Gasteiger partial charge on any atom is 0.323 e. The highest BCUT2D eigenvalue weighted by atomic mass is 16.5. The molecule has 0 amide bonds. The Hall–Kier alpha value is -1.79. The first-order valence-electron chi connectivity index (χ1n) is 17.5. The van der Waals surface area contributed by atoms with Gasteiger partial charge in [-0.15, -0.1) is 0 Å². The van der Waals surface area contributed by atoms with Crippen molar-refractivity contribution in [3.8, 4) is 11.5 Å². The largest absolute Gasteiger partial charge is 0.493 e. The van der Waals surface area contributed by atoms with Crippen LogP contribution in [-0.4, -0.2) is 50.2 Å². The van der Waals surface area contributed by atoms with Crippen molar-refractivity contribution in [1.82, 2.24) is 4.90 Å². The molecule has 2 aliphatic rings. The Labute approximate surface area is 203 Å². The molecule has 6 heteroatoms. The summed E-state index contributed by atoms with van der Waals surface area (Å²) in [6.45, 7) is -3.91. The average Bonchev–Trinajstić information content (AvgIpc) is 2.85. The van der Waals surface area contributed by atoms with Gasteiger partial charge < -0.3 is 19.9 Å². The van der Waals surface area contributed by atoms with E-state index in [4.69, 9.17) is 39.1 Å². The van der Waals surface area contributed by atoms with Gasteiger partial charge in [0, 0.05) is 45.1 Å². The van der Waals surface area contributed by atoms with Crippen molar-refractivity contribution in [3.63, 3.8) is 0 Å². The fourth-order valence-corrected chi connectivity index (χ4v) is 3.28. The van der Waals surface area contributed by atoms with Gasteiger partial charge >= 0.3 is 5.97 Å². The van der Waals surface area contributed by atoms with Gasteiger partial charge in [-0.25, -0.2) is 0 Å². The van der Waals surface area contributed by atoms with E-state index in [-0.39, 0.29) is 0 Å². The fourth-order valence-electron chi connectivity index (χ4n) is 3.28. The van der Waals surface area contributed by atoms with Crippen LogP contribution in [0.15, 0.2) is 12.1 Å². The van der Waals surface area contributed by atoms with Crippen LogP contribution in [-0.2, 0) is 15.9 Å². The van der Waals surface area contributed by atoms with E-state index >= 15 is 0 Å². The van der Waals surface area contributed by atoms with Gasteiger partial charge in [0.25, 0.3) is 0 Å². The van der Waals surface area contributed by atoms with Crippen molar-refractivity contribution in [2.45, 2.75) is 64.9 Å². The number of hydrogen-bond acceptors (Lipinski definition) is 6. The molecule has 0 radical (unpaired) electrons. The van der Waals surface area contributed by atoms with E-state index in [1.165, 1.54) is 0 Å². The minimum Gasteiger partial charge on any atom is -0.493 e. The molecule has 1 aromatic carbocycles. The van der Waals surface area contributed by atoms with Crippen LogP contribution in [0, 0.1) is 17.7 Å². The molecular weight excluding hydrogens is 380 g/mol. The molecule has 1 saturated heterocycles. The second-order valence-corrected chi connectivity index (χ2v) is 7.51. The average molecular weight is 435 g/mol. The third-order valence-electron chi connectivity index (χ3n) is 4.99. The Morgan fingerprint density at radius 3 is 2.97 bits per heavy atom. The molecule has 2 aliphatic heterocycles. The van der Waals surface area contributed by atoms with E-state index in [0.29, 0.717) is 4.90 Å². The molecule has 6 nitrogen and oxygen atoms in total. The van der Waals surface area contributed by atoms with E-state index in [9.17, 15) is 7.54 Å². The Morgan fingerprint density at radius 1 is 1.50 bits per heavy atom. The summed E-state index contributed by atoms with van der Waals surface area (Å²) in [5.41, 5.74) is 4.61. The highest BCUT2D eigenvalue weighted by Crippen LogP contribution is 2.44. The summed E-state index contributed by atoms with van der Waals surface area (Å²) in [6.07, 6.45) is -10.6. The Balaban J connectivity index is 2.43. The van der Waals surface area contributed by atoms with Gasteiger partial charge in [0.1, 0.15) is 12.1 Å². The van der Waals surface area contributed by atoms with Gasteiger partial charge in [-0.3, -0.25) is 9.69 Å². The van der Waals surface area contributed by atoms with Crippen molar-refractivity contribution < 1.29 is 40.9 Å². The third-order valence-corrected chi connectivity index (χ3v) is 4.99. The number of hydrogen-bond donors (Lipinski definition) is 1. The molecule has 0 aliphatic carbocycles. The highest BCUT2D eigenvalue weighted by molar-refractivity contribution is 5.76. The Kier molecular flexibility index (Phi) is 3.12. The molecule has 2 N–H and O–H groups in total. The van der Waals surface area contributed by atoms with Crippen LogP contribution >= 0.6 is 0 Å². The van der Waals surface area contributed by atoms with Crippen molar-refractivity contribution in [2.75, 3.05) is 27.2 Å². The van der Waals surface area contributed by atoms with Crippen molar-refractivity contribution in [3.05, 3.63) is 23.2 Å². The summed E-state index contributed by atoms with van der Waals surface area (Å²) < 4.78 is 151. The van der Waals surface area contributed by atoms with Crippen LogP contribution in [0.1, 0.15) is 79.5 Å². The molecule has 1 fully saturated rings. The highest BCUT2D eigenvalue weighted by Gasteiger charge is 2.41. The number of ether oxygens (including phenoxy) is 3. The second kappa shape index (κ2) is 9.56. The van der Waals surface area contributed by atoms with Crippen LogP contribution in [0.5, 0.6) is 11.5 Å². The van der Waals surface area contributed by atoms with Crippen LogP contribution in [0.25, 0.3) is 0 Å². The number of esters is 1. The van der Waals surface area contributed by atoms with Crippen LogP contribution < -0.4 is 15.2 Å². The number of carbonyl (C=O) groups excluding carboxylic acids is 1. The van der Waals surface area contributed by atoms with Crippen molar-refractivity contribution in [2.24, 2.45) is 23.5 Å². The molecule has 3 rings (SSSR count). The molecule has 5 atom stereocenters. The zero-order valence-corrected chi connectivity index (χ0v) is 17.4. The van der Waals surface area contributed by atoms with Gasteiger partial charge in [0.05, 0.1) is 22.4 Å². The van der Waals surface area contributed by atoms with Gasteiger partial charge in [-0.2, -0.15) is 0 Å². The lowest BCUT2D eigenvalue weighted by Gasteiger charge is -2.47. The second-order valence-electron chi connectivity index (χ2n) is 7.51. The standard InChI is InChI=1S/C24H38N2O4/c1-14(2)9-17-13-26-8-7-16-10-21(28-5)22(29-6)11-18(16)19(26)12-20(17)30-24(27)23(25)15(3)4/h10-11,14-15,17,19-20,23H,7-9,12-13,25H2,1-6H3/t17?,19?,20?,23-/m0/s1/i1D3,5D3,7D2,8D2,9D2,10D,14D,19D,20D/t14?,17?,19?,20?,23-. The number of benzene rings is 1. The summed E-state index contributed by atoms with van der Waals surface area (Å²) in [6, 6.07) is -4.05. The summed E-state index contributed by atoms with van der Waals surface area (Å²) in [5, 5.41) is 0. The van der Waals surface area contributed by atoms with Gasteiger partial charge in [0.2, 0.25) is 0 Å². The van der Waals surface area contributed by atoms with Gasteiger partial charge in [0.15, 0.2) is 11.5 Å². The molecule has 0 spiro atoms. The third kappa shape index (κ3) is 4.75. The van der Waals surface area contributed by atoms with E-state index in [2.05, 4.69) is 0 Å². The number of rotatable bonds is 7. The first kappa shape index (κ1) is 9.78. The number of methoxy groups -OCH3 is 2. The Morgan fingerprint density at radius 2 is 2.30 bits per heavy atom. The lowest BCUT2D eigenvalue weighted by atomic mass is 9.79. The van der Waals surface area contributed by atoms with Crippen molar-refractivity contribution in [1.29, 1.82) is 0 Å². The zero-order chi connectivity index (χ0) is 36.0. The molecular formula is C24H38N2O4. The van der Waals surface area contributed by atoms with E-state index < -0.39 is 117 Å². The number of carbonyl (C=O) groups is 1. The van der Waals surface area contributed by atoms with E-state index in [1.807, 2.05) is 0 Å². The molecule has 0 saturated carbocycles. The minimum atomic E-state index is -3.32. The summed E-state index contributed by atoms with van der Waals surface area (Å²) in [5.74, 6) is -8.19. The maximum atomic E-state index is 13.2. The monoisotopic (exact) mass is 434 g/mol.